The SMILES string of the molecule is C=C(C)CN1CC(C)NC(=O)c2sc3ccc(OC)cc3c21. The maximum Gasteiger partial charge on any atom is 0.263 e. The number of fused-ring (bicyclic) bond motifs is 3. The van der Waals surface area contributed by atoms with Crippen molar-refractivity contribution in [2.24, 2.45) is 0 Å². The molecule has 0 saturated heterocycles. The van der Waals surface area contributed by atoms with Gasteiger partial charge in [0.25, 0.3) is 5.91 Å². The van der Waals surface area contributed by atoms with Crippen LogP contribution in [0.2, 0.25) is 0 Å². The number of hydrogen-bond acceptors (Lipinski definition) is 4. The van der Waals surface area contributed by atoms with Gasteiger partial charge >= 0.3 is 0 Å². The molecule has 3 rings (SSSR count). The first-order valence-corrected chi connectivity index (χ1v) is 8.12. The maximum atomic E-state index is 12.5. The molecule has 1 aliphatic rings. The molecule has 4 nitrogen and oxygen atoms in total. The van der Waals surface area contributed by atoms with Crippen LogP contribution in [-0.2, 0) is 0 Å². The second-order valence-electron chi connectivity index (χ2n) is 5.85. The number of benzene rings is 1. The van der Waals surface area contributed by atoms with Crippen molar-refractivity contribution in [2.45, 2.75) is 19.9 Å². The van der Waals surface area contributed by atoms with Crippen molar-refractivity contribution in [2.75, 3.05) is 25.1 Å². The number of ether oxygens (including phenoxy) is 1. The lowest BCUT2D eigenvalue weighted by Gasteiger charge is -2.25. The number of carbonyl (C=O) groups is 1. The van der Waals surface area contributed by atoms with Crippen LogP contribution in [0.3, 0.4) is 0 Å². The van der Waals surface area contributed by atoms with E-state index in [2.05, 4.69) is 16.8 Å². The van der Waals surface area contributed by atoms with Gasteiger partial charge in [-0.1, -0.05) is 12.2 Å². The fourth-order valence-corrected chi connectivity index (χ4v) is 3.99. The van der Waals surface area contributed by atoms with Crippen LogP contribution in [0.5, 0.6) is 5.75 Å². The molecule has 0 aliphatic carbocycles. The third-order valence-electron chi connectivity index (χ3n) is 3.72. The lowest BCUT2D eigenvalue weighted by molar-refractivity contribution is 0.0949. The van der Waals surface area contributed by atoms with Gasteiger partial charge in [-0.25, -0.2) is 0 Å². The minimum Gasteiger partial charge on any atom is -0.497 e. The maximum absolute atomic E-state index is 12.5. The Morgan fingerprint density at radius 1 is 1.55 bits per heavy atom. The molecule has 0 bridgehead atoms. The number of methoxy groups -OCH3 is 1. The van der Waals surface area contributed by atoms with Crippen LogP contribution in [0.25, 0.3) is 10.1 Å². The van der Waals surface area contributed by atoms with Crippen molar-refractivity contribution in [3.05, 3.63) is 35.2 Å². The molecule has 1 N–H and O–H groups in total. The monoisotopic (exact) mass is 316 g/mol. The zero-order chi connectivity index (χ0) is 15.9. The van der Waals surface area contributed by atoms with Crippen molar-refractivity contribution < 1.29 is 9.53 Å². The Bertz CT molecular complexity index is 750. The summed E-state index contributed by atoms with van der Waals surface area (Å²) in [5.41, 5.74) is 2.08. The zero-order valence-corrected chi connectivity index (χ0v) is 13.9. The highest BCUT2D eigenvalue weighted by Gasteiger charge is 2.28. The zero-order valence-electron chi connectivity index (χ0n) is 13.1. The summed E-state index contributed by atoms with van der Waals surface area (Å²) in [4.78, 5) is 15.5. The van der Waals surface area contributed by atoms with Gasteiger partial charge in [-0.3, -0.25) is 4.79 Å². The normalized spacial score (nSPS) is 17.9. The highest BCUT2D eigenvalue weighted by Crippen LogP contribution is 2.41. The van der Waals surface area contributed by atoms with E-state index in [1.807, 2.05) is 32.0 Å². The number of nitrogens with one attached hydrogen (secondary N) is 1. The Morgan fingerprint density at radius 3 is 3.00 bits per heavy atom. The molecule has 1 unspecified atom stereocenters. The van der Waals surface area contributed by atoms with E-state index >= 15 is 0 Å². The Morgan fingerprint density at radius 2 is 2.32 bits per heavy atom. The number of carbonyl (C=O) groups excluding carboxylic acids is 1. The summed E-state index contributed by atoms with van der Waals surface area (Å²) < 4.78 is 6.45. The minimum absolute atomic E-state index is 0.00637. The molecule has 1 aromatic heterocycles. The molecule has 0 radical (unpaired) electrons. The third-order valence-corrected chi connectivity index (χ3v) is 4.88. The summed E-state index contributed by atoms with van der Waals surface area (Å²) in [5.74, 6) is 0.813. The molecule has 0 fully saturated rings. The first-order valence-electron chi connectivity index (χ1n) is 7.30. The Hall–Kier alpha value is -2.01. The molecule has 1 amide bonds. The van der Waals surface area contributed by atoms with Gasteiger partial charge in [0.1, 0.15) is 10.6 Å². The molecule has 1 atom stereocenters. The van der Waals surface area contributed by atoms with E-state index in [0.717, 1.165) is 45.1 Å². The fraction of sp³-hybridized carbons (Fsp3) is 0.353. The summed E-state index contributed by atoms with van der Waals surface area (Å²) in [6, 6.07) is 6.07. The van der Waals surface area contributed by atoms with Gasteiger partial charge in [-0.2, -0.15) is 0 Å². The summed E-state index contributed by atoms with van der Waals surface area (Å²) in [5, 5.41) is 4.13. The molecule has 0 saturated carbocycles. The minimum atomic E-state index is 0.00637. The van der Waals surface area contributed by atoms with Crippen LogP contribution in [0.15, 0.2) is 30.4 Å². The Kier molecular flexibility index (Phi) is 3.83. The Labute approximate surface area is 134 Å². The first-order chi connectivity index (χ1) is 10.5. The van der Waals surface area contributed by atoms with Crippen LogP contribution in [-0.4, -0.2) is 32.1 Å². The van der Waals surface area contributed by atoms with Gasteiger partial charge in [-0.15, -0.1) is 11.3 Å². The fourth-order valence-electron chi connectivity index (χ4n) is 2.88. The van der Waals surface area contributed by atoms with Crippen molar-refractivity contribution in [1.82, 2.24) is 5.32 Å². The topological polar surface area (TPSA) is 41.6 Å². The molecule has 116 valence electrons. The number of amides is 1. The van der Waals surface area contributed by atoms with Gasteiger partial charge in [0.05, 0.1) is 12.8 Å². The van der Waals surface area contributed by atoms with E-state index in [0.29, 0.717) is 0 Å². The van der Waals surface area contributed by atoms with Crippen LogP contribution in [0.4, 0.5) is 5.69 Å². The average molecular weight is 316 g/mol. The van der Waals surface area contributed by atoms with Crippen LogP contribution in [0.1, 0.15) is 23.5 Å². The number of anilines is 1. The first kappa shape index (κ1) is 14.9. The van der Waals surface area contributed by atoms with Crippen molar-refractivity contribution in [1.29, 1.82) is 0 Å². The number of rotatable bonds is 3. The largest absolute Gasteiger partial charge is 0.497 e. The molecule has 2 aromatic rings. The van der Waals surface area contributed by atoms with E-state index in [1.165, 1.54) is 11.3 Å². The van der Waals surface area contributed by atoms with E-state index in [4.69, 9.17) is 4.74 Å². The second-order valence-corrected chi connectivity index (χ2v) is 6.91. The predicted molar refractivity (Wildman–Crippen MR) is 92.3 cm³/mol. The number of thiophene rings is 1. The molecular weight excluding hydrogens is 296 g/mol. The molecule has 2 heterocycles. The quantitative estimate of drug-likeness (QED) is 0.882. The highest BCUT2D eigenvalue weighted by molar-refractivity contribution is 7.21. The smallest absolute Gasteiger partial charge is 0.263 e. The van der Waals surface area contributed by atoms with Gasteiger partial charge in [-0.05, 0) is 32.0 Å². The van der Waals surface area contributed by atoms with Crippen molar-refractivity contribution >= 4 is 33.0 Å². The van der Waals surface area contributed by atoms with Crippen molar-refractivity contribution in [3.63, 3.8) is 0 Å². The lowest BCUT2D eigenvalue weighted by Crippen LogP contribution is -2.38. The average Bonchev–Trinajstić information content (AvgIpc) is 2.79. The van der Waals surface area contributed by atoms with Crippen LogP contribution < -0.4 is 15.0 Å². The van der Waals surface area contributed by atoms with E-state index in [-0.39, 0.29) is 11.9 Å². The number of nitrogens with zero attached hydrogens (tertiary/aromatic N) is 1. The summed E-state index contributed by atoms with van der Waals surface area (Å²) in [6.45, 7) is 9.59. The van der Waals surface area contributed by atoms with Crippen LogP contribution >= 0.6 is 11.3 Å². The molecule has 0 spiro atoms. The standard InChI is InChI=1S/C17H20N2O2S/c1-10(2)8-19-9-11(3)18-17(20)16-15(19)13-7-12(21-4)5-6-14(13)22-16/h5-7,11H,1,8-9H2,2-4H3,(H,18,20). The van der Waals surface area contributed by atoms with E-state index < -0.39 is 0 Å². The van der Waals surface area contributed by atoms with Gasteiger partial charge in [0.15, 0.2) is 0 Å². The molecule has 22 heavy (non-hydrogen) atoms. The van der Waals surface area contributed by atoms with Gasteiger partial charge in [0.2, 0.25) is 0 Å². The van der Waals surface area contributed by atoms with Gasteiger partial charge < -0.3 is 15.0 Å². The van der Waals surface area contributed by atoms with Gasteiger partial charge in [0, 0.05) is 29.2 Å². The summed E-state index contributed by atoms with van der Waals surface area (Å²) >= 11 is 1.53. The van der Waals surface area contributed by atoms with Crippen molar-refractivity contribution in [3.8, 4) is 5.75 Å². The van der Waals surface area contributed by atoms with E-state index in [1.54, 1.807) is 7.11 Å². The summed E-state index contributed by atoms with van der Waals surface area (Å²) in [7, 11) is 1.66. The lowest BCUT2D eigenvalue weighted by atomic mass is 10.1. The molecule has 1 aliphatic heterocycles. The third kappa shape index (κ3) is 2.57. The molecular formula is C17H20N2O2S. The molecule has 5 heteroatoms. The van der Waals surface area contributed by atoms with E-state index in [9.17, 15) is 4.79 Å². The molecule has 1 aromatic carbocycles. The van der Waals surface area contributed by atoms with Crippen LogP contribution in [0, 0.1) is 0 Å². The Balaban J connectivity index is 2.22. The second kappa shape index (κ2) is 5.65. The highest BCUT2D eigenvalue weighted by atomic mass is 32.1. The number of hydrogen-bond donors (Lipinski definition) is 1. The summed E-state index contributed by atoms with van der Waals surface area (Å²) in [6.07, 6.45) is 0. The predicted octanol–water partition coefficient (Wildman–Crippen LogP) is 3.42.